The van der Waals surface area contributed by atoms with Gasteiger partial charge in [-0.25, -0.2) is 13.5 Å². The lowest BCUT2D eigenvalue weighted by Gasteiger charge is -2.06. The molecule has 0 radical (unpaired) electrons. The predicted octanol–water partition coefficient (Wildman–Crippen LogP) is 2.34. The van der Waals surface area contributed by atoms with Crippen LogP contribution in [0.5, 0.6) is 0 Å². The summed E-state index contributed by atoms with van der Waals surface area (Å²) < 4.78 is 28.5. The maximum absolute atomic E-state index is 13.4. The molecule has 6 heteroatoms. The summed E-state index contributed by atoms with van der Waals surface area (Å²) in [6, 6.07) is 2.30. The first-order chi connectivity index (χ1) is 7.09. The van der Waals surface area contributed by atoms with Crippen LogP contribution in [0.2, 0.25) is 0 Å². The van der Waals surface area contributed by atoms with Gasteiger partial charge >= 0.3 is 0 Å². The summed E-state index contributed by atoms with van der Waals surface area (Å²) in [5, 5.41) is 3.87. The van der Waals surface area contributed by atoms with Crippen LogP contribution in [0.25, 0.3) is 5.69 Å². The number of aromatic nitrogens is 2. The van der Waals surface area contributed by atoms with E-state index in [1.807, 2.05) is 22.6 Å². The van der Waals surface area contributed by atoms with E-state index < -0.39 is 11.6 Å². The Morgan fingerprint density at radius 3 is 2.67 bits per heavy atom. The molecule has 3 nitrogen and oxygen atoms in total. The SMILES string of the molecule is Nc1ccc(F)c(F)c1-n1cc(I)cn1. The van der Waals surface area contributed by atoms with Gasteiger partial charge in [0.15, 0.2) is 11.6 Å². The molecule has 2 aromatic rings. The molecule has 0 spiro atoms. The molecule has 0 saturated carbocycles. The van der Waals surface area contributed by atoms with E-state index in [9.17, 15) is 8.78 Å². The van der Waals surface area contributed by atoms with Crippen LogP contribution in [0.3, 0.4) is 0 Å². The number of hydrogen-bond donors (Lipinski definition) is 1. The van der Waals surface area contributed by atoms with E-state index in [4.69, 9.17) is 5.73 Å². The molecular weight excluding hydrogens is 315 g/mol. The smallest absolute Gasteiger partial charge is 0.186 e. The molecule has 1 heterocycles. The number of hydrogen-bond acceptors (Lipinski definition) is 2. The summed E-state index contributed by atoms with van der Waals surface area (Å²) in [7, 11) is 0. The molecule has 0 fully saturated rings. The van der Waals surface area contributed by atoms with Crippen LogP contribution in [-0.2, 0) is 0 Å². The molecule has 2 N–H and O–H groups in total. The van der Waals surface area contributed by atoms with Crippen molar-refractivity contribution in [2.24, 2.45) is 0 Å². The van der Waals surface area contributed by atoms with Crippen molar-refractivity contribution in [1.29, 1.82) is 0 Å². The van der Waals surface area contributed by atoms with Crippen LogP contribution in [0.4, 0.5) is 14.5 Å². The van der Waals surface area contributed by atoms with Crippen molar-refractivity contribution in [3.63, 3.8) is 0 Å². The van der Waals surface area contributed by atoms with Crippen LogP contribution >= 0.6 is 22.6 Å². The van der Waals surface area contributed by atoms with Crippen molar-refractivity contribution in [3.8, 4) is 5.69 Å². The average Bonchev–Trinajstić information content (AvgIpc) is 2.59. The van der Waals surface area contributed by atoms with Crippen LogP contribution in [-0.4, -0.2) is 9.78 Å². The fourth-order valence-corrected chi connectivity index (χ4v) is 1.60. The molecule has 0 aliphatic carbocycles. The van der Waals surface area contributed by atoms with Crippen molar-refractivity contribution < 1.29 is 8.78 Å². The zero-order chi connectivity index (χ0) is 11.0. The van der Waals surface area contributed by atoms with Crippen LogP contribution in [0.15, 0.2) is 24.5 Å². The first kappa shape index (κ1) is 10.3. The van der Waals surface area contributed by atoms with Gasteiger partial charge < -0.3 is 5.73 Å². The molecule has 0 amide bonds. The van der Waals surface area contributed by atoms with E-state index >= 15 is 0 Å². The number of nitrogen functional groups attached to an aromatic ring is 1. The van der Waals surface area contributed by atoms with Gasteiger partial charge in [-0.3, -0.25) is 0 Å². The highest BCUT2D eigenvalue weighted by atomic mass is 127. The minimum atomic E-state index is -0.991. The monoisotopic (exact) mass is 321 g/mol. The topological polar surface area (TPSA) is 43.8 Å². The highest BCUT2D eigenvalue weighted by Crippen LogP contribution is 2.23. The first-order valence-electron chi connectivity index (χ1n) is 4.03. The lowest BCUT2D eigenvalue weighted by Crippen LogP contribution is -2.05. The lowest BCUT2D eigenvalue weighted by molar-refractivity contribution is 0.502. The summed E-state index contributed by atoms with van der Waals surface area (Å²) >= 11 is 2.02. The number of benzene rings is 1. The average molecular weight is 321 g/mol. The molecule has 0 aliphatic rings. The maximum Gasteiger partial charge on any atom is 0.186 e. The predicted molar refractivity (Wildman–Crippen MR) is 60.6 cm³/mol. The fraction of sp³-hybridized carbons (Fsp3) is 0. The van der Waals surface area contributed by atoms with Crippen molar-refractivity contribution in [2.45, 2.75) is 0 Å². The van der Waals surface area contributed by atoms with E-state index in [-0.39, 0.29) is 11.4 Å². The van der Waals surface area contributed by atoms with E-state index in [1.165, 1.54) is 16.9 Å². The first-order valence-corrected chi connectivity index (χ1v) is 5.11. The Morgan fingerprint density at radius 1 is 1.33 bits per heavy atom. The van der Waals surface area contributed by atoms with E-state index in [2.05, 4.69) is 5.10 Å². The molecule has 0 saturated heterocycles. The summed E-state index contributed by atoms with van der Waals surface area (Å²) in [6.45, 7) is 0. The zero-order valence-corrected chi connectivity index (χ0v) is 9.57. The minimum absolute atomic E-state index is 0.0575. The van der Waals surface area contributed by atoms with Gasteiger partial charge in [0.25, 0.3) is 0 Å². The molecule has 0 unspecified atom stereocenters. The summed E-state index contributed by atoms with van der Waals surface area (Å²) in [5.41, 5.74) is 5.65. The molecular formula is C9H6F2IN3. The maximum atomic E-state index is 13.4. The summed E-state index contributed by atoms with van der Waals surface area (Å²) in [5.74, 6) is -1.93. The second kappa shape index (κ2) is 3.76. The highest BCUT2D eigenvalue weighted by molar-refractivity contribution is 14.1. The van der Waals surface area contributed by atoms with Crippen molar-refractivity contribution in [3.05, 3.63) is 39.7 Å². The Bertz CT molecular complexity index is 510. The number of nitrogens with two attached hydrogens (primary N) is 1. The normalized spacial score (nSPS) is 10.6. The standard InChI is InChI=1S/C9H6F2IN3/c10-6-1-2-7(13)9(8(6)11)15-4-5(12)3-14-15/h1-4H,13H2. The van der Waals surface area contributed by atoms with E-state index in [0.717, 1.165) is 9.64 Å². The van der Waals surface area contributed by atoms with Crippen molar-refractivity contribution in [2.75, 3.05) is 5.73 Å². The second-order valence-corrected chi connectivity index (χ2v) is 4.15. The largest absolute Gasteiger partial charge is 0.397 e. The third kappa shape index (κ3) is 1.81. The molecule has 0 bridgehead atoms. The van der Waals surface area contributed by atoms with Gasteiger partial charge in [-0.2, -0.15) is 5.10 Å². The van der Waals surface area contributed by atoms with Gasteiger partial charge in [0.05, 0.1) is 15.5 Å². The Labute approximate surface area is 98.0 Å². The lowest BCUT2D eigenvalue weighted by atomic mass is 10.2. The molecule has 0 atom stereocenters. The number of rotatable bonds is 1. The second-order valence-electron chi connectivity index (χ2n) is 2.90. The van der Waals surface area contributed by atoms with Crippen LogP contribution in [0.1, 0.15) is 0 Å². The van der Waals surface area contributed by atoms with Gasteiger partial charge in [-0.1, -0.05) is 0 Å². The van der Waals surface area contributed by atoms with Gasteiger partial charge in [0, 0.05) is 6.20 Å². The van der Waals surface area contributed by atoms with Gasteiger partial charge in [0.2, 0.25) is 0 Å². The molecule has 1 aromatic heterocycles. The number of halogens is 3. The van der Waals surface area contributed by atoms with Crippen LogP contribution < -0.4 is 5.73 Å². The molecule has 0 aliphatic heterocycles. The van der Waals surface area contributed by atoms with Crippen molar-refractivity contribution in [1.82, 2.24) is 9.78 Å². The number of anilines is 1. The van der Waals surface area contributed by atoms with Crippen LogP contribution in [0, 0.1) is 15.2 Å². The van der Waals surface area contributed by atoms with Crippen molar-refractivity contribution >= 4 is 28.3 Å². The minimum Gasteiger partial charge on any atom is -0.397 e. The summed E-state index contributed by atoms with van der Waals surface area (Å²) in [4.78, 5) is 0. The fourth-order valence-electron chi connectivity index (χ4n) is 1.21. The zero-order valence-electron chi connectivity index (χ0n) is 7.42. The number of nitrogens with zero attached hydrogens (tertiary/aromatic N) is 2. The molecule has 2 rings (SSSR count). The van der Waals surface area contributed by atoms with Gasteiger partial charge in [-0.15, -0.1) is 0 Å². The Morgan fingerprint density at radius 2 is 2.07 bits per heavy atom. The molecule has 1 aromatic carbocycles. The van der Waals surface area contributed by atoms with E-state index in [1.54, 1.807) is 6.20 Å². The quantitative estimate of drug-likeness (QED) is 0.647. The Hall–Kier alpha value is -1.18. The molecule has 15 heavy (non-hydrogen) atoms. The van der Waals surface area contributed by atoms with Gasteiger partial charge in [-0.05, 0) is 34.7 Å². The third-order valence-corrected chi connectivity index (χ3v) is 2.44. The molecule has 78 valence electrons. The Balaban J connectivity index is 2.66. The highest BCUT2D eigenvalue weighted by Gasteiger charge is 2.14. The summed E-state index contributed by atoms with van der Waals surface area (Å²) in [6.07, 6.45) is 3.10. The third-order valence-electron chi connectivity index (χ3n) is 1.88. The Kier molecular flexibility index (Phi) is 2.59. The van der Waals surface area contributed by atoms with E-state index in [0.29, 0.717) is 0 Å². The van der Waals surface area contributed by atoms with Gasteiger partial charge in [0.1, 0.15) is 5.69 Å².